The van der Waals surface area contributed by atoms with Crippen LogP contribution in [-0.4, -0.2) is 32.5 Å². The van der Waals surface area contributed by atoms with E-state index in [9.17, 15) is 9.59 Å². The van der Waals surface area contributed by atoms with Crippen LogP contribution in [0.15, 0.2) is 53.3 Å². The number of aromatic nitrogens is 3. The first kappa shape index (κ1) is 18.0. The summed E-state index contributed by atoms with van der Waals surface area (Å²) in [4.78, 5) is 32.0. The summed E-state index contributed by atoms with van der Waals surface area (Å²) in [7, 11) is 0. The molecule has 2 aromatic carbocycles. The SMILES string of the molecule is O=C(Cc1n[nH]c(=O)c2ccccc12)N1CCCCC1c1nc2ccccc2s1. The van der Waals surface area contributed by atoms with E-state index in [4.69, 9.17) is 4.98 Å². The molecule has 6 nitrogen and oxygen atoms in total. The summed E-state index contributed by atoms with van der Waals surface area (Å²) in [5.41, 5.74) is 1.36. The van der Waals surface area contributed by atoms with Crippen LogP contribution in [0.5, 0.6) is 0 Å². The third-order valence-corrected chi connectivity index (χ3v) is 6.65. The molecule has 146 valence electrons. The zero-order valence-corrected chi connectivity index (χ0v) is 16.6. The van der Waals surface area contributed by atoms with Gasteiger partial charge in [0.15, 0.2) is 0 Å². The molecule has 0 radical (unpaired) electrons. The third kappa shape index (κ3) is 3.31. The summed E-state index contributed by atoms with van der Waals surface area (Å²) in [6, 6.07) is 15.4. The number of carbonyl (C=O) groups excluding carboxylic acids is 1. The molecule has 1 unspecified atom stereocenters. The van der Waals surface area contributed by atoms with E-state index in [0.717, 1.165) is 46.4 Å². The maximum atomic E-state index is 13.3. The predicted octanol–water partition coefficient (Wildman–Crippen LogP) is 3.83. The standard InChI is InChI=1S/C22H20N4O2S/c27-20(13-17-14-7-1-2-8-15(14)21(28)25-24-17)26-12-6-5-10-18(26)22-23-16-9-3-4-11-19(16)29-22/h1-4,7-9,11,18H,5-6,10,12-13H2,(H,25,28). The van der Waals surface area contributed by atoms with Gasteiger partial charge in [-0.1, -0.05) is 30.3 Å². The van der Waals surface area contributed by atoms with E-state index in [2.05, 4.69) is 16.3 Å². The summed E-state index contributed by atoms with van der Waals surface area (Å²) in [6.45, 7) is 0.723. The van der Waals surface area contributed by atoms with Gasteiger partial charge in [0, 0.05) is 11.9 Å². The molecule has 7 heteroatoms. The lowest BCUT2D eigenvalue weighted by Crippen LogP contribution is -2.39. The van der Waals surface area contributed by atoms with Crippen LogP contribution >= 0.6 is 11.3 Å². The average molecular weight is 404 g/mol. The van der Waals surface area contributed by atoms with Crippen LogP contribution in [0.1, 0.15) is 36.0 Å². The molecule has 1 saturated heterocycles. The van der Waals surface area contributed by atoms with Crippen molar-refractivity contribution in [2.75, 3.05) is 6.54 Å². The Hall–Kier alpha value is -3.06. The summed E-state index contributed by atoms with van der Waals surface area (Å²) in [5, 5.41) is 9.00. The van der Waals surface area contributed by atoms with Crippen molar-refractivity contribution < 1.29 is 4.79 Å². The summed E-state index contributed by atoms with van der Waals surface area (Å²) >= 11 is 1.67. The van der Waals surface area contributed by atoms with E-state index >= 15 is 0 Å². The number of nitrogens with one attached hydrogen (secondary N) is 1. The highest BCUT2D eigenvalue weighted by molar-refractivity contribution is 7.18. The van der Waals surface area contributed by atoms with Crippen LogP contribution in [0.3, 0.4) is 0 Å². The predicted molar refractivity (Wildman–Crippen MR) is 114 cm³/mol. The quantitative estimate of drug-likeness (QED) is 0.563. The number of piperidine rings is 1. The van der Waals surface area contributed by atoms with Crippen LogP contribution in [0.4, 0.5) is 0 Å². The highest BCUT2D eigenvalue weighted by Crippen LogP contribution is 2.36. The minimum absolute atomic E-state index is 0.00248. The lowest BCUT2D eigenvalue weighted by atomic mass is 10.0. The van der Waals surface area contributed by atoms with Crippen LogP contribution in [0, 0.1) is 0 Å². The van der Waals surface area contributed by atoms with Crippen molar-refractivity contribution in [3.63, 3.8) is 0 Å². The molecule has 3 heterocycles. The molecule has 1 amide bonds. The first-order chi connectivity index (χ1) is 14.2. The van der Waals surface area contributed by atoms with E-state index in [1.165, 1.54) is 0 Å². The van der Waals surface area contributed by atoms with E-state index in [1.807, 2.05) is 41.3 Å². The maximum Gasteiger partial charge on any atom is 0.272 e. The van der Waals surface area contributed by atoms with Crippen molar-refractivity contribution in [3.05, 3.63) is 69.6 Å². The van der Waals surface area contributed by atoms with Crippen molar-refractivity contribution >= 4 is 38.2 Å². The maximum absolute atomic E-state index is 13.3. The van der Waals surface area contributed by atoms with Crippen molar-refractivity contribution in [1.82, 2.24) is 20.1 Å². The Morgan fingerprint density at radius 2 is 1.90 bits per heavy atom. The van der Waals surface area contributed by atoms with Crippen molar-refractivity contribution in [2.45, 2.75) is 31.7 Å². The zero-order valence-electron chi connectivity index (χ0n) is 15.8. The molecule has 1 aliphatic heterocycles. The number of benzene rings is 2. The largest absolute Gasteiger partial charge is 0.333 e. The number of hydrogen-bond acceptors (Lipinski definition) is 5. The molecule has 0 aliphatic carbocycles. The molecular weight excluding hydrogens is 384 g/mol. The van der Waals surface area contributed by atoms with Crippen LogP contribution < -0.4 is 5.56 Å². The number of likely N-dealkylation sites (tertiary alicyclic amines) is 1. The van der Waals surface area contributed by atoms with Gasteiger partial charge in [0.2, 0.25) is 5.91 Å². The Bertz CT molecular complexity index is 1230. The minimum atomic E-state index is -0.234. The van der Waals surface area contributed by atoms with Gasteiger partial charge < -0.3 is 4.90 Å². The van der Waals surface area contributed by atoms with Gasteiger partial charge in [0.05, 0.1) is 33.8 Å². The van der Waals surface area contributed by atoms with Crippen LogP contribution in [0.2, 0.25) is 0 Å². The van der Waals surface area contributed by atoms with Gasteiger partial charge in [0.1, 0.15) is 5.01 Å². The lowest BCUT2D eigenvalue weighted by Gasteiger charge is -2.34. The zero-order chi connectivity index (χ0) is 19.8. The molecule has 29 heavy (non-hydrogen) atoms. The van der Waals surface area contributed by atoms with E-state index in [0.29, 0.717) is 11.1 Å². The molecular formula is C22H20N4O2S. The second-order valence-electron chi connectivity index (χ2n) is 7.34. The minimum Gasteiger partial charge on any atom is -0.333 e. The van der Waals surface area contributed by atoms with Gasteiger partial charge in [-0.05, 0) is 37.5 Å². The van der Waals surface area contributed by atoms with Crippen molar-refractivity contribution in [1.29, 1.82) is 0 Å². The monoisotopic (exact) mass is 404 g/mol. The highest BCUT2D eigenvalue weighted by atomic mass is 32.1. The van der Waals surface area contributed by atoms with E-state index in [-0.39, 0.29) is 23.9 Å². The number of carbonyl (C=O) groups is 1. The van der Waals surface area contributed by atoms with Gasteiger partial charge in [-0.3, -0.25) is 9.59 Å². The Kier molecular flexibility index (Phi) is 4.60. The number of fused-ring (bicyclic) bond motifs is 2. The first-order valence-corrected chi connectivity index (χ1v) is 10.6. The molecule has 4 aromatic rings. The fourth-order valence-electron chi connectivity index (χ4n) is 4.07. The third-order valence-electron chi connectivity index (χ3n) is 5.51. The summed E-state index contributed by atoms with van der Waals surface area (Å²) in [5.74, 6) is 0.0265. The van der Waals surface area contributed by atoms with Crippen molar-refractivity contribution in [2.24, 2.45) is 0 Å². The molecule has 1 N–H and O–H groups in total. The Morgan fingerprint density at radius 3 is 2.76 bits per heavy atom. The van der Waals surface area contributed by atoms with Gasteiger partial charge in [-0.2, -0.15) is 5.10 Å². The number of H-pyrrole nitrogens is 1. The number of rotatable bonds is 3. The molecule has 1 atom stereocenters. The lowest BCUT2D eigenvalue weighted by molar-refractivity contribution is -0.134. The number of thiazole rings is 1. The number of amides is 1. The molecule has 5 rings (SSSR count). The number of nitrogens with zero attached hydrogens (tertiary/aromatic N) is 3. The molecule has 0 spiro atoms. The molecule has 1 fully saturated rings. The second kappa shape index (κ2) is 7.40. The first-order valence-electron chi connectivity index (χ1n) is 9.82. The number of aromatic amines is 1. The average Bonchev–Trinajstić information content (AvgIpc) is 3.20. The van der Waals surface area contributed by atoms with Crippen LogP contribution in [-0.2, 0) is 11.2 Å². The molecule has 0 saturated carbocycles. The molecule has 0 bridgehead atoms. The number of hydrogen-bond donors (Lipinski definition) is 1. The van der Waals surface area contributed by atoms with E-state index in [1.54, 1.807) is 17.4 Å². The van der Waals surface area contributed by atoms with Crippen LogP contribution in [0.25, 0.3) is 21.0 Å². The smallest absolute Gasteiger partial charge is 0.272 e. The summed E-state index contributed by atoms with van der Waals surface area (Å²) < 4.78 is 1.15. The van der Waals surface area contributed by atoms with Gasteiger partial charge in [-0.15, -0.1) is 11.3 Å². The number of para-hydroxylation sites is 1. The fourth-order valence-corrected chi connectivity index (χ4v) is 5.19. The van der Waals surface area contributed by atoms with E-state index < -0.39 is 0 Å². The van der Waals surface area contributed by atoms with Gasteiger partial charge in [0.25, 0.3) is 5.56 Å². The van der Waals surface area contributed by atoms with Gasteiger partial charge >= 0.3 is 0 Å². The highest BCUT2D eigenvalue weighted by Gasteiger charge is 2.30. The fraction of sp³-hybridized carbons (Fsp3) is 0.273. The topological polar surface area (TPSA) is 79.0 Å². The second-order valence-corrected chi connectivity index (χ2v) is 8.40. The Balaban J connectivity index is 1.46. The Labute approximate surface area is 171 Å². The Morgan fingerprint density at radius 1 is 1.10 bits per heavy atom. The summed E-state index contributed by atoms with van der Waals surface area (Å²) in [6.07, 6.45) is 3.17. The van der Waals surface area contributed by atoms with Gasteiger partial charge in [-0.25, -0.2) is 10.1 Å². The normalized spacial score (nSPS) is 17.1. The molecule has 1 aliphatic rings. The molecule has 2 aromatic heterocycles. The van der Waals surface area contributed by atoms with Crippen molar-refractivity contribution in [3.8, 4) is 0 Å².